The third kappa shape index (κ3) is 9.76. The summed E-state index contributed by atoms with van der Waals surface area (Å²) in [6.07, 6.45) is -3.53. The normalized spacial score (nSPS) is 40.8. The van der Waals surface area contributed by atoms with Crippen LogP contribution in [-0.2, 0) is 23.7 Å². The number of aliphatic hydroxyl groups is 3. The van der Waals surface area contributed by atoms with Gasteiger partial charge < -0.3 is 39.2 Å². The summed E-state index contributed by atoms with van der Waals surface area (Å²) < 4.78 is 38.8. The van der Waals surface area contributed by atoms with Gasteiger partial charge in [0.25, 0.3) is 0 Å². The lowest BCUT2D eigenvalue weighted by molar-refractivity contribution is -0.297. The molecule has 11 nitrogen and oxygen atoms in total. The van der Waals surface area contributed by atoms with Crippen LogP contribution in [0.15, 0.2) is 34.5 Å². The summed E-state index contributed by atoms with van der Waals surface area (Å²) >= 11 is 0. The van der Waals surface area contributed by atoms with E-state index in [-0.39, 0.29) is 36.2 Å². The van der Waals surface area contributed by atoms with E-state index in [0.717, 1.165) is 0 Å². The Labute approximate surface area is 298 Å². The van der Waals surface area contributed by atoms with E-state index in [1.54, 1.807) is 46.9 Å². The van der Waals surface area contributed by atoms with Crippen LogP contribution in [0.2, 0.25) is 0 Å². The summed E-state index contributed by atoms with van der Waals surface area (Å²) in [6, 6.07) is 5.74. The molecule has 0 amide bonds. The van der Waals surface area contributed by atoms with Crippen LogP contribution in [0.5, 0.6) is 0 Å². The highest BCUT2D eigenvalue weighted by Gasteiger charge is 2.50. The zero-order valence-electron chi connectivity index (χ0n) is 32.1. The molecule has 0 saturated carbocycles. The Bertz CT molecular complexity index is 1320. The Kier molecular flexibility index (Phi) is 14.7. The molecule has 3 N–H and O–H groups in total. The monoisotopic (exact) mass is 707 g/mol. The van der Waals surface area contributed by atoms with Gasteiger partial charge in [0.2, 0.25) is 0 Å². The first-order chi connectivity index (χ1) is 23.3. The maximum Gasteiger partial charge on any atom is 0.309 e. The first kappa shape index (κ1) is 42.1. The third-order valence-electron chi connectivity index (χ3n) is 10.9. The number of benzene rings is 1. The van der Waals surface area contributed by atoms with Crippen molar-refractivity contribution in [3.05, 3.63) is 35.6 Å². The van der Waals surface area contributed by atoms with Crippen molar-refractivity contribution in [2.75, 3.05) is 21.2 Å². The Balaban J connectivity index is 2.17. The molecule has 1 aromatic rings. The quantitative estimate of drug-likeness (QED) is 0.203. The molecular weight excluding hydrogens is 645 g/mol. The van der Waals surface area contributed by atoms with E-state index in [0.29, 0.717) is 36.2 Å². The van der Waals surface area contributed by atoms with Gasteiger partial charge >= 0.3 is 5.97 Å². The van der Waals surface area contributed by atoms with Crippen molar-refractivity contribution < 1.29 is 43.5 Å². The minimum absolute atomic E-state index is 0.173. The fraction of sp³-hybridized carbons (Fsp3) is 0.763. The number of carbonyl (C=O) groups excluding carboxylic acids is 1. The Morgan fingerprint density at radius 2 is 1.68 bits per heavy atom. The molecule has 0 aromatic heterocycles. The van der Waals surface area contributed by atoms with Crippen LogP contribution in [0.4, 0.5) is 4.39 Å². The van der Waals surface area contributed by atoms with E-state index in [1.807, 2.05) is 46.7 Å². The van der Waals surface area contributed by atoms with E-state index in [9.17, 15) is 24.5 Å². The summed E-state index contributed by atoms with van der Waals surface area (Å²) in [4.78, 5) is 15.5. The second-order valence-corrected chi connectivity index (χ2v) is 15.4. The molecule has 3 rings (SSSR count). The predicted octanol–water partition coefficient (Wildman–Crippen LogP) is 4.98. The van der Waals surface area contributed by atoms with Crippen molar-refractivity contribution in [3.8, 4) is 0 Å². The van der Waals surface area contributed by atoms with Gasteiger partial charge in [-0.3, -0.25) is 4.79 Å². The molecule has 50 heavy (non-hydrogen) atoms. The van der Waals surface area contributed by atoms with Gasteiger partial charge in [-0.1, -0.05) is 46.8 Å². The molecule has 2 aliphatic rings. The van der Waals surface area contributed by atoms with Crippen molar-refractivity contribution in [3.63, 3.8) is 0 Å². The highest BCUT2D eigenvalue weighted by Crippen LogP contribution is 2.39. The van der Waals surface area contributed by atoms with Gasteiger partial charge in [-0.2, -0.15) is 10.2 Å². The number of carbonyl (C=O) groups is 1. The van der Waals surface area contributed by atoms with Gasteiger partial charge in [-0.25, -0.2) is 4.39 Å². The van der Waals surface area contributed by atoms with Crippen LogP contribution in [0.1, 0.15) is 93.6 Å². The molecular formula is C38H62FN3O8. The summed E-state index contributed by atoms with van der Waals surface area (Å²) in [6.45, 7) is 16.4. The Morgan fingerprint density at radius 3 is 2.24 bits per heavy atom. The van der Waals surface area contributed by atoms with Crippen LogP contribution in [-0.4, -0.2) is 113 Å². The molecule has 2 fully saturated rings. The van der Waals surface area contributed by atoms with Crippen LogP contribution < -0.4 is 0 Å². The van der Waals surface area contributed by atoms with Gasteiger partial charge in [0, 0.05) is 24.8 Å². The number of rotatable bonds is 7. The highest BCUT2D eigenvalue weighted by atomic mass is 19.1. The van der Waals surface area contributed by atoms with Crippen LogP contribution in [0.3, 0.4) is 0 Å². The van der Waals surface area contributed by atoms with E-state index in [4.69, 9.17) is 18.9 Å². The van der Waals surface area contributed by atoms with E-state index in [2.05, 4.69) is 10.2 Å². The number of hydrogen-bond acceptors (Lipinski definition) is 11. The smallest absolute Gasteiger partial charge is 0.309 e. The molecule has 1 aromatic carbocycles. The molecule has 2 aliphatic heterocycles. The summed E-state index contributed by atoms with van der Waals surface area (Å²) in [7, 11) is 5.43. The number of aliphatic hydroxyl groups excluding tert-OH is 2. The van der Waals surface area contributed by atoms with Crippen molar-refractivity contribution in [1.29, 1.82) is 0 Å². The van der Waals surface area contributed by atoms with E-state index < -0.39 is 59.7 Å². The lowest BCUT2D eigenvalue weighted by atomic mass is 9.74. The third-order valence-corrected chi connectivity index (χ3v) is 10.9. The maximum absolute atomic E-state index is 13.6. The zero-order valence-corrected chi connectivity index (χ0v) is 32.1. The van der Waals surface area contributed by atoms with Gasteiger partial charge in [0.15, 0.2) is 6.29 Å². The number of methoxy groups -OCH3 is 1. The SMILES string of the molecule is CC[C@H]1OC(=O)[C@H](C)C[C@H](C)[C@@H](OC2OC(C)CC(N(C)C)C2O)[C@](C)(OC)C[C@@H](C)/C(=N\N=C(/C)c2ccc(F)cc2)[C@H](C)[C@@H](O)[C@]1(C)O. The number of likely N-dealkylation sites (N-methyl/N-ethyl adjacent to an activating group) is 1. The minimum Gasteiger partial charge on any atom is -0.459 e. The molecule has 2 saturated heterocycles. The summed E-state index contributed by atoms with van der Waals surface area (Å²) in [5.74, 6) is -2.86. The average molecular weight is 708 g/mol. The summed E-state index contributed by atoms with van der Waals surface area (Å²) in [5.41, 5.74) is -1.14. The molecule has 4 unspecified atom stereocenters. The number of nitrogens with zero attached hydrogens (tertiary/aromatic N) is 3. The van der Waals surface area contributed by atoms with Crippen LogP contribution >= 0.6 is 0 Å². The molecule has 2 heterocycles. The number of halogens is 1. The Morgan fingerprint density at radius 1 is 1.06 bits per heavy atom. The number of ether oxygens (including phenoxy) is 4. The molecule has 0 radical (unpaired) electrons. The Hall–Kier alpha value is -2.32. The maximum atomic E-state index is 13.6. The number of esters is 1. The molecule has 12 heteroatoms. The van der Waals surface area contributed by atoms with Gasteiger partial charge in [0.1, 0.15) is 23.6 Å². The molecule has 0 aliphatic carbocycles. The first-order valence-electron chi connectivity index (χ1n) is 18.0. The van der Waals surface area contributed by atoms with Crippen molar-refractivity contribution >= 4 is 17.4 Å². The van der Waals surface area contributed by atoms with Gasteiger partial charge in [0.05, 0.1) is 35.5 Å². The van der Waals surface area contributed by atoms with Crippen molar-refractivity contribution in [1.82, 2.24) is 4.90 Å². The van der Waals surface area contributed by atoms with Gasteiger partial charge in [-0.15, -0.1) is 0 Å². The van der Waals surface area contributed by atoms with E-state index >= 15 is 0 Å². The highest BCUT2D eigenvalue weighted by molar-refractivity contribution is 5.99. The topological polar surface area (TPSA) is 143 Å². The molecule has 0 spiro atoms. The standard InChI is InChI=1S/C38H62FN3O8/c1-13-30-38(9,46)33(44)25(6)31(41-40-26(7)27-14-16-28(39)17-15-27)23(4)20-37(8,47-12)34(21(2)18-22(3)35(45)49-30)50-36-32(43)29(42(10)11)19-24(5)48-36/h14-17,21-25,29-30,32-34,36,43-44,46H,13,18-20H2,1-12H3/b40-26+,41-31+/t21-,22+,23+,24?,25-,29?,30+,32?,33+,34+,36?,37+,38+/m0/s1. The number of cyclic esters (lactones) is 1. The average Bonchev–Trinajstić information content (AvgIpc) is 3.05. The lowest BCUT2D eigenvalue weighted by Crippen LogP contribution is -2.59. The van der Waals surface area contributed by atoms with E-state index in [1.165, 1.54) is 19.1 Å². The predicted molar refractivity (Wildman–Crippen MR) is 191 cm³/mol. The zero-order chi connectivity index (χ0) is 37.7. The second kappa shape index (κ2) is 17.5. The van der Waals surface area contributed by atoms with Crippen LogP contribution in [0.25, 0.3) is 0 Å². The lowest BCUT2D eigenvalue weighted by Gasteiger charge is -2.47. The fourth-order valence-corrected chi connectivity index (χ4v) is 7.74. The number of hydrogen-bond donors (Lipinski definition) is 3. The molecule has 13 atom stereocenters. The van der Waals surface area contributed by atoms with Gasteiger partial charge in [-0.05, 0) is 97.0 Å². The van der Waals surface area contributed by atoms with Crippen molar-refractivity contribution in [2.45, 2.75) is 142 Å². The summed E-state index contributed by atoms with van der Waals surface area (Å²) in [5, 5.41) is 44.2. The molecule has 0 bridgehead atoms. The minimum atomic E-state index is -1.82. The first-order valence-corrected chi connectivity index (χ1v) is 18.0. The van der Waals surface area contributed by atoms with Crippen LogP contribution in [0, 0.1) is 29.5 Å². The molecule has 284 valence electrons. The fourth-order valence-electron chi connectivity index (χ4n) is 7.74. The van der Waals surface area contributed by atoms with Crippen molar-refractivity contribution in [2.24, 2.45) is 33.9 Å². The largest absolute Gasteiger partial charge is 0.459 e. The second-order valence-electron chi connectivity index (χ2n) is 15.4.